The summed E-state index contributed by atoms with van der Waals surface area (Å²) in [6.45, 7) is 1.38. The second-order valence-electron chi connectivity index (χ2n) is 6.11. The molecule has 1 N–H and O–H groups in total. The van der Waals surface area contributed by atoms with E-state index in [4.69, 9.17) is 0 Å². The summed E-state index contributed by atoms with van der Waals surface area (Å²) in [6.07, 6.45) is 5.21. The highest BCUT2D eigenvalue weighted by Crippen LogP contribution is 2.21. The maximum Gasteiger partial charge on any atom is 0.417 e. The zero-order valence-electron chi connectivity index (χ0n) is 12.0. The zero-order chi connectivity index (χ0) is 14.8. The van der Waals surface area contributed by atoms with Crippen molar-refractivity contribution in [1.29, 1.82) is 0 Å². The van der Waals surface area contributed by atoms with Crippen LogP contribution in [-0.4, -0.2) is 60.1 Å². The standard InChI is InChI=1S/C14H21N3O4/c18-12-9-21-14(20)17(12)8-10-6-16(7-10)13(19)15-11-4-2-1-3-5-11/h10-11H,1-9H2,(H,15,19). The lowest BCUT2D eigenvalue weighted by atomic mass is 9.95. The van der Waals surface area contributed by atoms with E-state index in [1.807, 2.05) is 0 Å². The van der Waals surface area contributed by atoms with Crippen LogP contribution in [0.2, 0.25) is 0 Å². The van der Waals surface area contributed by atoms with Gasteiger partial charge in [0, 0.05) is 31.6 Å². The van der Waals surface area contributed by atoms with Gasteiger partial charge in [-0.1, -0.05) is 19.3 Å². The predicted molar refractivity (Wildman–Crippen MR) is 73.5 cm³/mol. The maximum atomic E-state index is 12.0. The Morgan fingerprint density at radius 2 is 1.90 bits per heavy atom. The molecule has 7 heteroatoms. The largest absolute Gasteiger partial charge is 0.439 e. The van der Waals surface area contributed by atoms with Gasteiger partial charge in [-0.2, -0.15) is 0 Å². The summed E-state index contributed by atoms with van der Waals surface area (Å²) < 4.78 is 4.67. The number of nitrogens with one attached hydrogen (secondary N) is 1. The van der Waals surface area contributed by atoms with Crippen molar-refractivity contribution in [2.75, 3.05) is 26.2 Å². The van der Waals surface area contributed by atoms with E-state index >= 15 is 0 Å². The summed E-state index contributed by atoms with van der Waals surface area (Å²) in [5, 5.41) is 3.07. The number of nitrogens with zero attached hydrogens (tertiary/aromatic N) is 2. The van der Waals surface area contributed by atoms with Crippen LogP contribution in [0.1, 0.15) is 32.1 Å². The van der Waals surface area contributed by atoms with Gasteiger partial charge in [0.1, 0.15) is 0 Å². The van der Waals surface area contributed by atoms with Gasteiger partial charge in [-0.25, -0.2) is 14.5 Å². The fourth-order valence-electron chi connectivity index (χ4n) is 3.18. The highest BCUT2D eigenvalue weighted by atomic mass is 16.6. The Kier molecular flexibility index (Phi) is 3.98. The molecule has 0 atom stereocenters. The van der Waals surface area contributed by atoms with Gasteiger partial charge < -0.3 is 15.0 Å². The van der Waals surface area contributed by atoms with Crippen LogP contribution in [0.4, 0.5) is 9.59 Å². The quantitative estimate of drug-likeness (QED) is 0.840. The SMILES string of the molecule is O=C(NC1CCCCC1)N1CC(CN2C(=O)COC2=O)C1. The monoisotopic (exact) mass is 295 g/mol. The lowest BCUT2D eigenvalue weighted by molar-refractivity contribution is -0.126. The van der Waals surface area contributed by atoms with E-state index in [2.05, 4.69) is 10.1 Å². The molecule has 0 spiro atoms. The first kappa shape index (κ1) is 14.2. The minimum absolute atomic E-state index is 0.0199. The third-order valence-electron chi connectivity index (χ3n) is 4.46. The summed E-state index contributed by atoms with van der Waals surface area (Å²) in [7, 11) is 0. The molecule has 3 fully saturated rings. The number of ether oxygens (including phenoxy) is 1. The molecule has 1 aliphatic carbocycles. The molecule has 21 heavy (non-hydrogen) atoms. The van der Waals surface area contributed by atoms with Gasteiger partial charge in [0.25, 0.3) is 5.91 Å². The van der Waals surface area contributed by atoms with Gasteiger partial charge in [0.2, 0.25) is 0 Å². The minimum Gasteiger partial charge on any atom is -0.439 e. The number of cyclic esters (lactones) is 1. The summed E-state index contributed by atoms with van der Waals surface area (Å²) in [4.78, 5) is 37.7. The number of urea groups is 1. The van der Waals surface area contributed by atoms with E-state index in [0.717, 1.165) is 17.7 Å². The van der Waals surface area contributed by atoms with E-state index in [1.54, 1.807) is 4.90 Å². The van der Waals surface area contributed by atoms with Gasteiger partial charge in [-0.15, -0.1) is 0 Å². The Balaban J connectivity index is 1.39. The van der Waals surface area contributed by atoms with Gasteiger partial charge in [-0.3, -0.25) is 4.79 Å². The molecule has 0 aromatic heterocycles. The highest BCUT2D eigenvalue weighted by molar-refractivity contribution is 5.97. The Bertz CT molecular complexity index is 426. The van der Waals surface area contributed by atoms with Crippen LogP contribution in [0.3, 0.4) is 0 Å². The van der Waals surface area contributed by atoms with Crippen molar-refractivity contribution in [2.24, 2.45) is 5.92 Å². The number of carbonyl (C=O) groups is 3. The average molecular weight is 295 g/mol. The van der Waals surface area contributed by atoms with Crippen molar-refractivity contribution in [2.45, 2.75) is 38.1 Å². The van der Waals surface area contributed by atoms with Gasteiger partial charge in [0.05, 0.1) is 0 Å². The number of hydrogen-bond donors (Lipinski definition) is 1. The Hall–Kier alpha value is -1.79. The molecule has 2 saturated heterocycles. The first-order chi connectivity index (χ1) is 10.1. The summed E-state index contributed by atoms with van der Waals surface area (Å²) >= 11 is 0. The van der Waals surface area contributed by atoms with E-state index in [1.165, 1.54) is 19.3 Å². The molecule has 0 unspecified atom stereocenters. The van der Waals surface area contributed by atoms with Crippen LogP contribution in [-0.2, 0) is 9.53 Å². The Morgan fingerprint density at radius 1 is 1.19 bits per heavy atom. The average Bonchev–Trinajstić information content (AvgIpc) is 2.74. The number of rotatable bonds is 3. The van der Waals surface area contributed by atoms with Crippen LogP contribution in [0, 0.1) is 5.92 Å². The molecule has 3 aliphatic rings. The molecule has 0 aromatic rings. The molecule has 0 aromatic carbocycles. The molecule has 1 saturated carbocycles. The van der Waals surface area contributed by atoms with Gasteiger partial charge in [0.15, 0.2) is 6.61 Å². The lowest BCUT2D eigenvalue weighted by Gasteiger charge is -2.41. The molecule has 4 amide bonds. The van der Waals surface area contributed by atoms with Crippen LogP contribution in [0.15, 0.2) is 0 Å². The highest BCUT2D eigenvalue weighted by Gasteiger charge is 2.38. The molecular weight excluding hydrogens is 274 g/mol. The number of hydrogen-bond acceptors (Lipinski definition) is 4. The first-order valence-corrected chi connectivity index (χ1v) is 7.66. The van der Waals surface area contributed by atoms with E-state index < -0.39 is 6.09 Å². The fraction of sp³-hybridized carbons (Fsp3) is 0.786. The summed E-state index contributed by atoms with van der Waals surface area (Å²) in [5.74, 6) is -0.123. The maximum absolute atomic E-state index is 12.0. The predicted octanol–water partition coefficient (Wildman–Crippen LogP) is 0.939. The van der Waals surface area contributed by atoms with Gasteiger partial charge >= 0.3 is 12.1 Å². The van der Waals surface area contributed by atoms with Crippen molar-refractivity contribution < 1.29 is 19.1 Å². The minimum atomic E-state index is -0.565. The zero-order valence-corrected chi connectivity index (χ0v) is 12.0. The number of imide groups is 1. The number of amides is 4. The molecule has 2 heterocycles. The third-order valence-corrected chi connectivity index (χ3v) is 4.46. The number of likely N-dealkylation sites (tertiary alicyclic amines) is 1. The Morgan fingerprint density at radius 3 is 2.52 bits per heavy atom. The normalized spacial score (nSPS) is 24.0. The summed E-state index contributed by atoms with van der Waals surface area (Å²) in [6, 6.07) is 0.286. The van der Waals surface area contributed by atoms with Gasteiger partial charge in [-0.05, 0) is 12.8 Å². The molecule has 0 bridgehead atoms. The second-order valence-corrected chi connectivity index (χ2v) is 6.11. The van der Waals surface area contributed by atoms with E-state index in [9.17, 15) is 14.4 Å². The smallest absolute Gasteiger partial charge is 0.417 e. The van der Waals surface area contributed by atoms with Crippen molar-refractivity contribution in [3.8, 4) is 0 Å². The molecule has 2 aliphatic heterocycles. The van der Waals surface area contributed by atoms with Crippen molar-refractivity contribution in [3.05, 3.63) is 0 Å². The molecule has 116 valence electrons. The lowest BCUT2D eigenvalue weighted by Crippen LogP contribution is -2.58. The fourth-order valence-corrected chi connectivity index (χ4v) is 3.18. The molecular formula is C14H21N3O4. The first-order valence-electron chi connectivity index (χ1n) is 7.66. The van der Waals surface area contributed by atoms with Crippen LogP contribution in [0.25, 0.3) is 0 Å². The van der Waals surface area contributed by atoms with E-state index in [0.29, 0.717) is 25.7 Å². The molecule has 7 nitrogen and oxygen atoms in total. The van der Waals surface area contributed by atoms with Crippen LogP contribution in [0.5, 0.6) is 0 Å². The van der Waals surface area contributed by atoms with Crippen molar-refractivity contribution >= 4 is 18.0 Å². The topological polar surface area (TPSA) is 79.0 Å². The number of carbonyl (C=O) groups excluding carboxylic acids is 3. The molecule has 0 radical (unpaired) electrons. The third kappa shape index (κ3) is 3.11. The van der Waals surface area contributed by atoms with Crippen LogP contribution >= 0.6 is 0 Å². The van der Waals surface area contributed by atoms with Crippen molar-refractivity contribution in [1.82, 2.24) is 15.1 Å². The summed E-state index contributed by atoms with van der Waals surface area (Å²) in [5.41, 5.74) is 0. The van der Waals surface area contributed by atoms with Crippen molar-refractivity contribution in [3.63, 3.8) is 0 Å². The Labute approximate surface area is 123 Å². The second kappa shape index (κ2) is 5.91. The molecule has 3 rings (SSSR count). The van der Waals surface area contributed by atoms with E-state index in [-0.39, 0.29) is 24.5 Å². The van der Waals surface area contributed by atoms with Crippen LogP contribution < -0.4 is 5.32 Å².